The van der Waals surface area contributed by atoms with E-state index < -0.39 is 5.97 Å². The number of hydrogen-bond donors (Lipinski definition) is 3. The van der Waals surface area contributed by atoms with Gasteiger partial charge >= 0.3 is 5.97 Å². The summed E-state index contributed by atoms with van der Waals surface area (Å²) in [6, 6.07) is 1.66. The van der Waals surface area contributed by atoms with Gasteiger partial charge in [0, 0.05) is 31.4 Å². The van der Waals surface area contributed by atoms with Crippen LogP contribution in [0.3, 0.4) is 0 Å². The zero-order valence-corrected chi connectivity index (χ0v) is 12.1. The molecule has 1 amide bonds. The molecule has 6 heteroatoms. The van der Waals surface area contributed by atoms with Crippen molar-refractivity contribution in [3.8, 4) is 0 Å². The summed E-state index contributed by atoms with van der Waals surface area (Å²) in [5.41, 5.74) is 1.32. The van der Waals surface area contributed by atoms with Gasteiger partial charge in [0.25, 0.3) is 0 Å². The van der Waals surface area contributed by atoms with Gasteiger partial charge in [-0.25, -0.2) is 4.79 Å². The molecule has 0 saturated carbocycles. The summed E-state index contributed by atoms with van der Waals surface area (Å²) in [5.74, 6) is -0.675. The number of pyridine rings is 1. The number of carbonyl (C=O) groups excluding carboxylic acids is 1. The molecule has 20 heavy (non-hydrogen) atoms. The summed E-state index contributed by atoms with van der Waals surface area (Å²) in [6.45, 7) is 6.86. The number of carboxylic acids is 1. The van der Waals surface area contributed by atoms with Gasteiger partial charge in [0.1, 0.15) is 5.56 Å². The number of aryl methyl sites for hydroxylation is 1. The van der Waals surface area contributed by atoms with Crippen molar-refractivity contribution >= 4 is 17.6 Å². The number of aromatic carboxylic acids is 1. The first-order chi connectivity index (χ1) is 9.40. The third-order valence-corrected chi connectivity index (χ3v) is 2.65. The molecule has 0 atom stereocenters. The van der Waals surface area contributed by atoms with E-state index in [1.165, 1.54) is 6.20 Å². The number of carboxylic acid groups (broad SMARTS) is 1. The van der Waals surface area contributed by atoms with Crippen LogP contribution in [0.4, 0.5) is 5.69 Å². The second-order valence-electron chi connectivity index (χ2n) is 5.05. The maximum absolute atomic E-state index is 11.5. The first kappa shape index (κ1) is 15.9. The maximum Gasteiger partial charge on any atom is 0.339 e. The normalized spacial score (nSPS) is 10.4. The van der Waals surface area contributed by atoms with Crippen LogP contribution in [0.25, 0.3) is 0 Å². The number of rotatable bonds is 7. The topological polar surface area (TPSA) is 91.3 Å². The van der Waals surface area contributed by atoms with Crippen molar-refractivity contribution in [1.82, 2.24) is 10.3 Å². The Balaban J connectivity index is 2.51. The molecule has 3 N–H and O–H groups in total. The summed E-state index contributed by atoms with van der Waals surface area (Å²) >= 11 is 0. The van der Waals surface area contributed by atoms with Gasteiger partial charge in [-0.1, -0.05) is 13.8 Å². The molecule has 0 fully saturated rings. The fourth-order valence-electron chi connectivity index (χ4n) is 1.59. The van der Waals surface area contributed by atoms with Crippen LogP contribution in [0.2, 0.25) is 0 Å². The Hall–Kier alpha value is -2.11. The molecule has 1 aromatic rings. The largest absolute Gasteiger partial charge is 0.478 e. The number of nitrogens with one attached hydrogen (secondary N) is 2. The summed E-state index contributed by atoms with van der Waals surface area (Å²) in [7, 11) is 0. The quantitative estimate of drug-likeness (QED) is 0.706. The molecule has 0 aliphatic carbocycles. The summed E-state index contributed by atoms with van der Waals surface area (Å²) in [5, 5.41) is 14.8. The molecular formula is C14H21N3O3. The predicted molar refractivity (Wildman–Crippen MR) is 76.9 cm³/mol. The van der Waals surface area contributed by atoms with Crippen LogP contribution in [-0.4, -0.2) is 35.1 Å². The maximum atomic E-state index is 11.5. The second kappa shape index (κ2) is 7.47. The molecule has 0 bridgehead atoms. The smallest absolute Gasteiger partial charge is 0.339 e. The second-order valence-corrected chi connectivity index (χ2v) is 5.05. The van der Waals surface area contributed by atoms with Crippen LogP contribution in [0.15, 0.2) is 12.3 Å². The predicted octanol–water partition coefficient (Wildman–Crippen LogP) is 1.66. The molecule has 6 nitrogen and oxygen atoms in total. The Bertz CT molecular complexity index is 487. The average molecular weight is 279 g/mol. The number of amides is 1. The number of anilines is 1. The minimum atomic E-state index is -1.04. The number of aromatic nitrogens is 1. The number of nitrogens with zero attached hydrogens (tertiary/aromatic N) is 1. The Morgan fingerprint density at radius 1 is 1.40 bits per heavy atom. The van der Waals surface area contributed by atoms with Gasteiger partial charge in [-0.05, 0) is 18.9 Å². The van der Waals surface area contributed by atoms with Gasteiger partial charge in [0.05, 0.1) is 5.69 Å². The summed E-state index contributed by atoms with van der Waals surface area (Å²) < 4.78 is 0. The zero-order valence-electron chi connectivity index (χ0n) is 12.1. The van der Waals surface area contributed by atoms with Crippen molar-refractivity contribution in [3.63, 3.8) is 0 Å². The lowest BCUT2D eigenvalue weighted by atomic mass is 10.2. The molecule has 1 heterocycles. The lowest BCUT2D eigenvalue weighted by Crippen LogP contribution is -2.28. The monoisotopic (exact) mass is 279 g/mol. The molecule has 1 aromatic heterocycles. The van der Waals surface area contributed by atoms with E-state index in [1.807, 2.05) is 13.8 Å². The third-order valence-electron chi connectivity index (χ3n) is 2.65. The van der Waals surface area contributed by atoms with E-state index >= 15 is 0 Å². The number of hydrogen-bond acceptors (Lipinski definition) is 4. The van der Waals surface area contributed by atoms with E-state index in [2.05, 4.69) is 15.6 Å². The lowest BCUT2D eigenvalue weighted by Gasteiger charge is -2.11. The molecule has 1 rings (SSSR count). The van der Waals surface area contributed by atoms with Crippen LogP contribution in [0.1, 0.15) is 36.3 Å². The van der Waals surface area contributed by atoms with Gasteiger partial charge in [-0.15, -0.1) is 0 Å². The minimum Gasteiger partial charge on any atom is -0.478 e. The molecule has 0 radical (unpaired) electrons. The van der Waals surface area contributed by atoms with Crippen LogP contribution in [0, 0.1) is 12.8 Å². The standard InChI is InChI=1S/C14H21N3O3/c1-9(2)7-17-13(18)4-5-15-12-6-10(3)16-8-11(12)14(19)20/h6,8-9H,4-5,7H2,1-3H3,(H,15,16)(H,17,18)(H,19,20). The highest BCUT2D eigenvalue weighted by molar-refractivity contribution is 5.93. The van der Waals surface area contributed by atoms with Crippen molar-refractivity contribution in [2.45, 2.75) is 27.2 Å². The van der Waals surface area contributed by atoms with Crippen molar-refractivity contribution < 1.29 is 14.7 Å². The van der Waals surface area contributed by atoms with E-state index in [9.17, 15) is 9.59 Å². The zero-order chi connectivity index (χ0) is 15.1. The van der Waals surface area contributed by atoms with Gasteiger partial charge in [0.2, 0.25) is 5.91 Å². The molecule has 0 saturated heterocycles. The van der Waals surface area contributed by atoms with E-state index in [1.54, 1.807) is 13.0 Å². The molecule has 0 aromatic carbocycles. The third kappa shape index (κ3) is 5.26. The first-order valence-corrected chi connectivity index (χ1v) is 6.60. The van der Waals surface area contributed by atoms with E-state index in [0.717, 1.165) is 5.69 Å². The summed E-state index contributed by atoms with van der Waals surface area (Å²) in [4.78, 5) is 26.5. The molecule has 0 spiro atoms. The minimum absolute atomic E-state index is 0.0474. The van der Waals surface area contributed by atoms with Crippen LogP contribution >= 0.6 is 0 Å². The SMILES string of the molecule is Cc1cc(NCCC(=O)NCC(C)C)c(C(=O)O)cn1. The fourth-order valence-corrected chi connectivity index (χ4v) is 1.59. The Morgan fingerprint density at radius 2 is 2.10 bits per heavy atom. The lowest BCUT2D eigenvalue weighted by molar-refractivity contribution is -0.120. The number of carbonyl (C=O) groups is 2. The molecule has 0 unspecified atom stereocenters. The van der Waals surface area contributed by atoms with Crippen LogP contribution < -0.4 is 10.6 Å². The molecule has 0 aliphatic heterocycles. The van der Waals surface area contributed by atoms with E-state index in [-0.39, 0.29) is 11.5 Å². The van der Waals surface area contributed by atoms with Gasteiger partial charge in [0.15, 0.2) is 0 Å². The van der Waals surface area contributed by atoms with Gasteiger partial charge in [-0.2, -0.15) is 0 Å². The highest BCUT2D eigenvalue weighted by Crippen LogP contribution is 2.15. The van der Waals surface area contributed by atoms with E-state index in [4.69, 9.17) is 5.11 Å². The Kier molecular flexibility index (Phi) is 5.96. The highest BCUT2D eigenvalue weighted by atomic mass is 16.4. The van der Waals surface area contributed by atoms with Gasteiger partial charge in [-0.3, -0.25) is 9.78 Å². The molecular weight excluding hydrogens is 258 g/mol. The Morgan fingerprint density at radius 3 is 2.70 bits per heavy atom. The van der Waals surface area contributed by atoms with Crippen molar-refractivity contribution in [3.05, 3.63) is 23.5 Å². The van der Waals surface area contributed by atoms with Gasteiger partial charge < -0.3 is 15.7 Å². The van der Waals surface area contributed by atoms with Crippen molar-refractivity contribution in [2.24, 2.45) is 5.92 Å². The average Bonchev–Trinajstić information content (AvgIpc) is 2.36. The molecule has 110 valence electrons. The fraction of sp³-hybridized carbons (Fsp3) is 0.500. The van der Waals surface area contributed by atoms with Crippen molar-refractivity contribution in [1.29, 1.82) is 0 Å². The summed E-state index contributed by atoms with van der Waals surface area (Å²) in [6.07, 6.45) is 1.62. The van der Waals surface area contributed by atoms with Crippen LogP contribution in [-0.2, 0) is 4.79 Å². The van der Waals surface area contributed by atoms with Crippen molar-refractivity contribution in [2.75, 3.05) is 18.4 Å². The highest BCUT2D eigenvalue weighted by Gasteiger charge is 2.11. The van der Waals surface area contributed by atoms with Crippen LogP contribution in [0.5, 0.6) is 0 Å². The molecule has 0 aliphatic rings. The Labute approximate surface area is 118 Å². The first-order valence-electron chi connectivity index (χ1n) is 6.60. The van der Waals surface area contributed by atoms with E-state index in [0.29, 0.717) is 31.1 Å².